The Kier molecular flexibility index (Phi) is 5.32. The fraction of sp³-hybridized carbons (Fsp3) is 0.333. The summed E-state index contributed by atoms with van der Waals surface area (Å²) < 4.78 is 19.0. The van der Waals surface area contributed by atoms with Gasteiger partial charge in [-0.05, 0) is 54.9 Å². The van der Waals surface area contributed by atoms with Crippen LogP contribution in [0, 0.1) is 3.95 Å². The minimum absolute atomic E-state index is 0.295. The van der Waals surface area contributed by atoms with Crippen LogP contribution in [0.25, 0.3) is 0 Å². The standard InChI is InChI=1S/C21H22N4O3S2/c1-26-17-7-3-2-5-15(17)22-20-23-25(21(29)30-20)12-24-10-4-6-16(24)14-8-9-18-19(11-14)28-13-27-18/h2-3,5,7-9,11,16H,4,6,10,12-13H2,1H3,(H,22,23). The van der Waals surface area contributed by atoms with Crippen molar-refractivity contribution < 1.29 is 14.2 Å². The Morgan fingerprint density at radius 3 is 3.00 bits per heavy atom. The number of nitrogens with zero attached hydrogens (tertiary/aromatic N) is 3. The predicted octanol–water partition coefficient (Wildman–Crippen LogP) is 4.95. The number of rotatable bonds is 6. The van der Waals surface area contributed by atoms with Gasteiger partial charge in [0.2, 0.25) is 11.9 Å². The normalized spacial score (nSPS) is 18.0. The fourth-order valence-corrected chi connectivity index (χ4v) is 4.98. The number of aromatic nitrogens is 2. The number of methoxy groups -OCH3 is 1. The molecule has 0 saturated carbocycles. The number of para-hydroxylation sites is 2. The van der Waals surface area contributed by atoms with Crippen molar-refractivity contribution in [2.45, 2.75) is 25.6 Å². The molecule has 0 radical (unpaired) electrons. The number of likely N-dealkylation sites (tertiary alicyclic amines) is 1. The van der Waals surface area contributed by atoms with Gasteiger partial charge < -0.3 is 19.5 Å². The monoisotopic (exact) mass is 442 g/mol. The minimum atomic E-state index is 0.295. The van der Waals surface area contributed by atoms with E-state index in [1.165, 1.54) is 16.9 Å². The third-order valence-corrected chi connectivity index (χ3v) is 6.64. The third kappa shape index (κ3) is 3.76. The number of fused-ring (bicyclic) bond motifs is 1. The Hall–Kier alpha value is -2.62. The molecule has 3 aromatic rings. The van der Waals surface area contributed by atoms with Crippen molar-refractivity contribution >= 4 is 34.4 Å². The van der Waals surface area contributed by atoms with Crippen LogP contribution in [0.4, 0.5) is 10.8 Å². The molecule has 0 aliphatic carbocycles. The second-order valence-corrected chi connectivity index (χ2v) is 8.85. The molecule has 2 aromatic carbocycles. The van der Waals surface area contributed by atoms with Gasteiger partial charge in [-0.2, -0.15) is 0 Å². The Labute approximate surface area is 183 Å². The molecule has 1 saturated heterocycles. The Balaban J connectivity index is 1.33. The first-order valence-electron chi connectivity index (χ1n) is 9.83. The first kappa shape index (κ1) is 19.3. The lowest BCUT2D eigenvalue weighted by atomic mass is 10.0. The van der Waals surface area contributed by atoms with Crippen LogP contribution in [0.15, 0.2) is 42.5 Å². The van der Waals surface area contributed by atoms with Crippen molar-refractivity contribution in [1.29, 1.82) is 0 Å². The first-order valence-corrected chi connectivity index (χ1v) is 11.1. The summed E-state index contributed by atoms with van der Waals surface area (Å²) in [5.41, 5.74) is 2.11. The lowest BCUT2D eigenvalue weighted by molar-refractivity contribution is 0.173. The smallest absolute Gasteiger partial charge is 0.231 e. The summed E-state index contributed by atoms with van der Waals surface area (Å²) in [6.07, 6.45) is 2.24. The number of hydrogen-bond donors (Lipinski definition) is 1. The van der Waals surface area contributed by atoms with Gasteiger partial charge in [0, 0.05) is 12.6 Å². The molecule has 1 aromatic heterocycles. The molecule has 156 valence electrons. The Morgan fingerprint density at radius 1 is 1.23 bits per heavy atom. The van der Waals surface area contributed by atoms with Gasteiger partial charge in [0.1, 0.15) is 5.75 Å². The highest BCUT2D eigenvalue weighted by molar-refractivity contribution is 7.73. The maximum atomic E-state index is 5.59. The molecule has 9 heteroatoms. The third-order valence-electron chi connectivity index (χ3n) is 5.42. The van der Waals surface area contributed by atoms with Crippen LogP contribution in [0.2, 0.25) is 0 Å². The summed E-state index contributed by atoms with van der Waals surface area (Å²) >= 11 is 7.05. The minimum Gasteiger partial charge on any atom is -0.495 e. The average Bonchev–Trinajstić information content (AvgIpc) is 3.49. The molecule has 2 aliphatic rings. The van der Waals surface area contributed by atoms with Crippen LogP contribution in [0.3, 0.4) is 0 Å². The number of anilines is 2. The number of hydrogen-bond acceptors (Lipinski definition) is 8. The van der Waals surface area contributed by atoms with E-state index in [1.807, 2.05) is 35.0 Å². The van der Waals surface area contributed by atoms with E-state index in [-0.39, 0.29) is 0 Å². The molecule has 0 amide bonds. The van der Waals surface area contributed by atoms with E-state index in [2.05, 4.69) is 22.3 Å². The SMILES string of the molecule is COc1ccccc1Nc1nn(CN2CCCC2c2ccc3c(c2)OCO3)c(=S)s1. The van der Waals surface area contributed by atoms with Crippen molar-refractivity contribution in [3.05, 3.63) is 52.0 Å². The highest BCUT2D eigenvalue weighted by atomic mass is 32.1. The van der Waals surface area contributed by atoms with Gasteiger partial charge in [-0.1, -0.05) is 29.5 Å². The second kappa shape index (κ2) is 8.25. The summed E-state index contributed by atoms with van der Waals surface area (Å²) in [5, 5.41) is 8.79. The highest BCUT2D eigenvalue weighted by Crippen LogP contribution is 2.39. The molecule has 3 heterocycles. The molecular weight excluding hydrogens is 420 g/mol. The molecule has 0 spiro atoms. The number of ether oxygens (including phenoxy) is 3. The van der Waals surface area contributed by atoms with E-state index in [1.54, 1.807) is 7.11 Å². The van der Waals surface area contributed by atoms with Crippen molar-refractivity contribution in [2.24, 2.45) is 0 Å². The van der Waals surface area contributed by atoms with Crippen molar-refractivity contribution in [3.8, 4) is 17.2 Å². The lowest BCUT2D eigenvalue weighted by Gasteiger charge is -2.24. The van der Waals surface area contributed by atoms with Crippen LogP contribution >= 0.6 is 23.6 Å². The number of benzene rings is 2. The molecule has 2 aliphatic heterocycles. The molecule has 30 heavy (non-hydrogen) atoms. The van der Waals surface area contributed by atoms with Gasteiger partial charge in [-0.25, -0.2) is 4.68 Å². The molecule has 1 N–H and O–H groups in total. The van der Waals surface area contributed by atoms with E-state index in [0.29, 0.717) is 19.5 Å². The zero-order chi connectivity index (χ0) is 20.5. The summed E-state index contributed by atoms with van der Waals surface area (Å²) in [6, 6.07) is 14.3. The van der Waals surface area contributed by atoms with Gasteiger partial charge in [0.15, 0.2) is 15.5 Å². The van der Waals surface area contributed by atoms with E-state index in [4.69, 9.17) is 31.5 Å². The fourth-order valence-electron chi connectivity index (χ4n) is 3.97. The van der Waals surface area contributed by atoms with Crippen LogP contribution in [0.1, 0.15) is 24.4 Å². The molecular formula is C21H22N4O3S2. The van der Waals surface area contributed by atoms with Gasteiger partial charge in [-0.15, -0.1) is 5.10 Å². The molecule has 7 nitrogen and oxygen atoms in total. The topological polar surface area (TPSA) is 60.8 Å². The molecule has 5 rings (SSSR count). The second-order valence-electron chi connectivity index (χ2n) is 7.22. The van der Waals surface area contributed by atoms with Crippen molar-refractivity contribution in [1.82, 2.24) is 14.7 Å². The summed E-state index contributed by atoms with van der Waals surface area (Å²) in [7, 11) is 1.66. The predicted molar refractivity (Wildman–Crippen MR) is 118 cm³/mol. The van der Waals surface area contributed by atoms with Crippen molar-refractivity contribution in [2.75, 3.05) is 25.8 Å². The van der Waals surface area contributed by atoms with Gasteiger partial charge in [0.05, 0.1) is 19.5 Å². The van der Waals surface area contributed by atoms with E-state index in [9.17, 15) is 0 Å². The van der Waals surface area contributed by atoms with Gasteiger partial charge in [0.25, 0.3) is 0 Å². The van der Waals surface area contributed by atoms with Crippen LogP contribution in [0.5, 0.6) is 17.2 Å². The molecule has 0 bridgehead atoms. The van der Waals surface area contributed by atoms with Crippen LogP contribution < -0.4 is 19.5 Å². The summed E-state index contributed by atoms with van der Waals surface area (Å²) in [6.45, 7) is 1.96. The Morgan fingerprint density at radius 2 is 2.10 bits per heavy atom. The number of nitrogens with one attached hydrogen (secondary N) is 1. The van der Waals surface area contributed by atoms with E-state index < -0.39 is 0 Å². The van der Waals surface area contributed by atoms with Crippen LogP contribution in [-0.2, 0) is 6.67 Å². The van der Waals surface area contributed by atoms with Gasteiger partial charge in [-0.3, -0.25) is 4.90 Å². The van der Waals surface area contributed by atoms with E-state index in [0.717, 1.165) is 51.4 Å². The van der Waals surface area contributed by atoms with Gasteiger partial charge >= 0.3 is 0 Å². The zero-order valence-corrected chi connectivity index (χ0v) is 18.2. The Bertz CT molecular complexity index is 1110. The highest BCUT2D eigenvalue weighted by Gasteiger charge is 2.28. The maximum Gasteiger partial charge on any atom is 0.231 e. The lowest BCUT2D eigenvalue weighted by Crippen LogP contribution is -2.26. The van der Waals surface area contributed by atoms with Crippen molar-refractivity contribution in [3.63, 3.8) is 0 Å². The largest absolute Gasteiger partial charge is 0.495 e. The average molecular weight is 443 g/mol. The summed E-state index contributed by atoms with van der Waals surface area (Å²) in [5.74, 6) is 2.41. The molecule has 1 atom stereocenters. The van der Waals surface area contributed by atoms with E-state index >= 15 is 0 Å². The summed E-state index contributed by atoms with van der Waals surface area (Å²) in [4.78, 5) is 2.42. The molecule has 1 fully saturated rings. The quantitative estimate of drug-likeness (QED) is 0.542. The zero-order valence-electron chi connectivity index (χ0n) is 16.5. The first-order chi connectivity index (χ1) is 14.7. The maximum absolute atomic E-state index is 5.59. The molecule has 1 unspecified atom stereocenters. The van der Waals surface area contributed by atoms with Crippen LogP contribution in [-0.4, -0.2) is 35.1 Å².